The van der Waals surface area contributed by atoms with Gasteiger partial charge < -0.3 is 19.8 Å². The molecule has 6 aromatic carbocycles. The number of imidazole rings is 2. The second kappa shape index (κ2) is 17.2. The zero-order valence-electron chi connectivity index (χ0n) is 39.5. The molecular weight excluding hydrogens is 841 g/mol. The summed E-state index contributed by atoms with van der Waals surface area (Å²) in [5, 5.41) is 2.34. The molecule has 0 spiro atoms. The third-order valence-corrected chi connectivity index (χ3v) is 15.9. The lowest BCUT2D eigenvalue weighted by atomic mass is 9.97. The van der Waals surface area contributed by atoms with Crippen LogP contribution in [0.1, 0.15) is 100 Å². The van der Waals surface area contributed by atoms with Crippen molar-refractivity contribution in [1.29, 1.82) is 0 Å². The molecule has 4 aliphatic rings. The SMILES string of the molecule is CCN(CC)[C@@H](C(=O)N1[C@@H]2C[C@@H]2C[C@H]1c1nc2ccc(-c3ccc4cc(-c5ccc6nc([C@@H]7C[C@H]8C[C@H]8N7C(=O)[C@@H](c7ccccc7)N(CC)CC)[nH]c6c5)ccc4c3)cc2[nH]1)c1ccccc1. The van der Waals surface area contributed by atoms with Crippen molar-refractivity contribution in [3.8, 4) is 22.3 Å². The van der Waals surface area contributed by atoms with E-state index in [1.807, 2.05) is 36.4 Å². The number of likely N-dealkylation sites (N-methyl/N-ethyl adjacent to an activating group) is 2. The highest BCUT2D eigenvalue weighted by atomic mass is 16.2. The molecular formula is C58H60N8O2. The van der Waals surface area contributed by atoms with Gasteiger partial charge in [0.15, 0.2) is 0 Å². The number of rotatable bonds is 14. The molecule has 68 heavy (non-hydrogen) atoms. The fraction of sp³-hybridized carbons (Fsp3) is 0.345. The zero-order chi connectivity index (χ0) is 46.2. The molecule has 0 bridgehead atoms. The monoisotopic (exact) mass is 900 g/mol. The average Bonchev–Trinajstić information content (AvgIpc) is 4.04. The predicted molar refractivity (Wildman–Crippen MR) is 271 cm³/mol. The molecule has 344 valence electrons. The van der Waals surface area contributed by atoms with E-state index < -0.39 is 0 Å². The molecule has 0 unspecified atom stereocenters. The molecule has 2 amide bonds. The first-order valence-electron chi connectivity index (χ1n) is 25.1. The number of amides is 2. The number of fused-ring (bicyclic) bond motifs is 5. The van der Waals surface area contributed by atoms with Crippen molar-refractivity contribution in [2.45, 2.75) is 89.6 Å². The highest BCUT2D eigenvalue weighted by Gasteiger charge is 2.57. The van der Waals surface area contributed by atoms with Crippen molar-refractivity contribution in [2.75, 3.05) is 26.2 Å². The Morgan fingerprint density at radius 1 is 0.515 bits per heavy atom. The number of aromatic nitrogens is 4. The van der Waals surface area contributed by atoms with E-state index in [9.17, 15) is 9.59 Å². The Morgan fingerprint density at radius 2 is 0.897 bits per heavy atom. The van der Waals surface area contributed by atoms with Crippen LogP contribution < -0.4 is 0 Å². The van der Waals surface area contributed by atoms with Crippen LogP contribution in [-0.2, 0) is 9.59 Å². The van der Waals surface area contributed by atoms with E-state index in [0.29, 0.717) is 11.8 Å². The van der Waals surface area contributed by atoms with Crippen molar-refractivity contribution < 1.29 is 9.59 Å². The summed E-state index contributed by atoms with van der Waals surface area (Å²) in [4.78, 5) is 55.8. The van der Waals surface area contributed by atoms with E-state index in [-0.39, 0.29) is 48.1 Å². The minimum absolute atomic E-state index is 0.0653. The van der Waals surface area contributed by atoms with Crippen LogP contribution in [0, 0.1) is 11.8 Å². The summed E-state index contributed by atoms with van der Waals surface area (Å²) in [6, 6.07) is 46.7. The van der Waals surface area contributed by atoms with Crippen molar-refractivity contribution in [3.05, 3.63) is 156 Å². The molecule has 10 nitrogen and oxygen atoms in total. The van der Waals surface area contributed by atoms with E-state index in [4.69, 9.17) is 9.97 Å². The summed E-state index contributed by atoms with van der Waals surface area (Å²) < 4.78 is 0. The van der Waals surface area contributed by atoms with Gasteiger partial charge in [-0.15, -0.1) is 0 Å². The summed E-state index contributed by atoms with van der Waals surface area (Å²) in [6.45, 7) is 11.8. The van der Waals surface area contributed by atoms with Crippen LogP contribution in [0.25, 0.3) is 55.1 Å². The molecule has 2 saturated heterocycles. The van der Waals surface area contributed by atoms with Gasteiger partial charge in [-0.2, -0.15) is 0 Å². The Hall–Kier alpha value is -6.62. The first-order chi connectivity index (χ1) is 33.3. The van der Waals surface area contributed by atoms with Gasteiger partial charge in [0.2, 0.25) is 11.8 Å². The molecule has 4 fully saturated rings. The smallest absolute Gasteiger partial charge is 0.245 e. The number of nitrogens with one attached hydrogen (secondary N) is 2. The Morgan fingerprint density at radius 3 is 1.29 bits per heavy atom. The number of aromatic amines is 2. The number of carbonyl (C=O) groups excluding carboxylic acids is 2. The van der Waals surface area contributed by atoms with Gasteiger partial charge in [0.05, 0.1) is 34.2 Å². The van der Waals surface area contributed by atoms with Crippen LogP contribution in [0.3, 0.4) is 0 Å². The topological polar surface area (TPSA) is 104 Å². The van der Waals surface area contributed by atoms with E-state index in [2.05, 4.69) is 154 Å². The normalized spacial score (nSPS) is 22.6. The summed E-state index contributed by atoms with van der Waals surface area (Å²) >= 11 is 0. The van der Waals surface area contributed by atoms with Crippen molar-refractivity contribution in [3.63, 3.8) is 0 Å². The van der Waals surface area contributed by atoms with Gasteiger partial charge in [0.1, 0.15) is 23.7 Å². The maximum Gasteiger partial charge on any atom is 0.245 e. The minimum atomic E-state index is -0.309. The average molecular weight is 901 g/mol. The standard InChI is InChI=1S/C58H60N8O2/c1-5-63(6-2)53(35-15-11-9-12-16-35)57(67)65-49-31-43(49)33-51(65)55-59-45-25-23-41(29-47(45)61-55)39-21-19-38-28-40(22-20-37(38)27-39)42-24-26-46-48(30-42)62-56(60-46)52-34-44-32-50(44)66(52)58(68)54(64(7-3)8-4)36-17-13-10-14-18-36/h9-30,43-44,49-54H,5-8,31-34H2,1-4H3,(H,59,61)(H,60,62)/t43-,44-,49-,50-,51+,52+,53-,54-/m1/s1. The number of H-pyrrole nitrogens is 2. The molecule has 12 rings (SSSR count). The summed E-state index contributed by atoms with van der Waals surface area (Å²) in [5.74, 6) is 3.21. The van der Waals surface area contributed by atoms with Crippen LogP contribution in [0.15, 0.2) is 133 Å². The molecule has 10 heteroatoms. The van der Waals surface area contributed by atoms with Crippen LogP contribution in [0.5, 0.6) is 0 Å². The first kappa shape index (κ1) is 42.7. The summed E-state index contributed by atoms with van der Waals surface area (Å²) in [6.07, 6.45) is 4.05. The summed E-state index contributed by atoms with van der Waals surface area (Å²) in [5.41, 5.74) is 10.4. The number of piperidine rings is 2. The van der Waals surface area contributed by atoms with Crippen LogP contribution in [0.4, 0.5) is 0 Å². The number of hydrogen-bond donors (Lipinski definition) is 2. The van der Waals surface area contributed by atoms with Crippen LogP contribution >= 0.6 is 0 Å². The van der Waals surface area contributed by atoms with Gasteiger partial charge in [-0.1, -0.05) is 125 Å². The number of benzene rings is 6. The minimum Gasteiger partial charge on any atom is -0.340 e. The molecule has 2 aliphatic carbocycles. The molecule has 2 N–H and O–H groups in total. The Balaban J connectivity index is 0.780. The zero-order valence-corrected chi connectivity index (χ0v) is 39.5. The van der Waals surface area contributed by atoms with Gasteiger partial charge in [-0.25, -0.2) is 9.97 Å². The number of likely N-dealkylation sites (tertiary alicyclic amines) is 2. The van der Waals surface area contributed by atoms with Crippen molar-refractivity contribution in [2.24, 2.45) is 11.8 Å². The largest absolute Gasteiger partial charge is 0.340 e. The first-order valence-corrected chi connectivity index (χ1v) is 25.1. The molecule has 8 aromatic rings. The number of carbonyl (C=O) groups is 2. The number of hydrogen-bond acceptors (Lipinski definition) is 6. The highest BCUT2D eigenvalue weighted by Crippen LogP contribution is 2.55. The van der Waals surface area contributed by atoms with Gasteiger partial charge >= 0.3 is 0 Å². The maximum atomic E-state index is 14.6. The molecule has 4 heterocycles. The van der Waals surface area contributed by atoms with E-state index in [1.54, 1.807) is 0 Å². The third-order valence-electron chi connectivity index (χ3n) is 15.9. The van der Waals surface area contributed by atoms with Gasteiger partial charge in [-0.3, -0.25) is 19.4 Å². The molecule has 2 saturated carbocycles. The lowest BCUT2D eigenvalue weighted by Crippen LogP contribution is -2.44. The molecule has 2 aliphatic heterocycles. The highest BCUT2D eigenvalue weighted by molar-refractivity contribution is 5.93. The predicted octanol–water partition coefficient (Wildman–Crippen LogP) is 11.4. The molecule has 0 radical (unpaired) electrons. The van der Waals surface area contributed by atoms with E-state index in [0.717, 1.165) is 119 Å². The number of nitrogens with zero attached hydrogens (tertiary/aromatic N) is 6. The maximum absolute atomic E-state index is 14.6. The fourth-order valence-corrected chi connectivity index (χ4v) is 12.1. The van der Waals surface area contributed by atoms with Crippen LogP contribution in [0.2, 0.25) is 0 Å². The quantitative estimate of drug-likeness (QED) is 0.113. The Labute approximate surface area is 398 Å². The van der Waals surface area contributed by atoms with E-state index in [1.165, 1.54) is 10.8 Å². The lowest BCUT2D eigenvalue weighted by Gasteiger charge is -2.35. The van der Waals surface area contributed by atoms with Crippen molar-refractivity contribution in [1.82, 2.24) is 39.5 Å². The molecule has 2 aromatic heterocycles. The third kappa shape index (κ3) is 7.40. The Kier molecular flexibility index (Phi) is 10.8. The van der Waals surface area contributed by atoms with Crippen molar-refractivity contribution >= 4 is 44.7 Å². The second-order valence-corrected chi connectivity index (χ2v) is 19.7. The van der Waals surface area contributed by atoms with E-state index >= 15 is 0 Å². The fourth-order valence-electron chi connectivity index (χ4n) is 12.1. The molecule has 8 atom stereocenters. The second-order valence-electron chi connectivity index (χ2n) is 19.7. The van der Waals surface area contributed by atoms with Gasteiger partial charge in [0, 0.05) is 12.1 Å². The Bertz CT molecular complexity index is 2960. The van der Waals surface area contributed by atoms with Crippen LogP contribution in [-0.4, -0.2) is 89.6 Å². The lowest BCUT2D eigenvalue weighted by molar-refractivity contribution is -0.140. The van der Waals surface area contributed by atoms with Gasteiger partial charge in [0.25, 0.3) is 0 Å². The van der Waals surface area contributed by atoms with Gasteiger partial charge in [-0.05, 0) is 144 Å². The summed E-state index contributed by atoms with van der Waals surface area (Å²) in [7, 11) is 0.